The summed E-state index contributed by atoms with van der Waals surface area (Å²) in [5.74, 6) is -1.30. The average molecular weight is 252 g/mol. The zero-order valence-electron chi connectivity index (χ0n) is 10.9. The molecule has 1 aliphatic rings. The molecule has 0 saturated heterocycles. The van der Waals surface area contributed by atoms with Crippen LogP contribution in [0.15, 0.2) is 42.5 Å². The first-order valence-electron chi connectivity index (χ1n) is 6.57. The quantitative estimate of drug-likeness (QED) is 0.845. The molecule has 2 heteroatoms. The van der Waals surface area contributed by atoms with E-state index in [4.69, 9.17) is 0 Å². The molecule has 0 saturated carbocycles. The highest BCUT2D eigenvalue weighted by Gasteiger charge is 2.28. The number of hydrogen-bond acceptors (Lipinski definition) is 1. The molecule has 2 nitrogen and oxygen atoms in total. The van der Waals surface area contributed by atoms with Crippen LogP contribution in [0.5, 0.6) is 0 Å². The van der Waals surface area contributed by atoms with Gasteiger partial charge in [0.1, 0.15) is 5.92 Å². The first kappa shape index (κ1) is 12.0. The van der Waals surface area contributed by atoms with E-state index in [0.717, 1.165) is 40.7 Å². The fourth-order valence-electron chi connectivity index (χ4n) is 2.96. The van der Waals surface area contributed by atoms with Crippen LogP contribution >= 0.6 is 0 Å². The van der Waals surface area contributed by atoms with E-state index >= 15 is 0 Å². The Balaban J connectivity index is 2.25. The lowest BCUT2D eigenvalue weighted by molar-refractivity contribution is -0.137. The third-order valence-electron chi connectivity index (χ3n) is 3.89. The summed E-state index contributed by atoms with van der Waals surface area (Å²) in [6.07, 6.45) is 1.83. The number of fused-ring (bicyclic) bond motifs is 2. The van der Waals surface area contributed by atoms with Gasteiger partial charge in [0.2, 0.25) is 0 Å². The second-order valence-electron chi connectivity index (χ2n) is 5.17. The number of carbonyl (C=O) groups is 1. The van der Waals surface area contributed by atoms with Crippen LogP contribution in [0.2, 0.25) is 0 Å². The van der Waals surface area contributed by atoms with Crippen LogP contribution in [-0.4, -0.2) is 11.1 Å². The molecule has 0 unspecified atom stereocenters. The van der Waals surface area contributed by atoms with E-state index in [1.807, 2.05) is 37.3 Å². The van der Waals surface area contributed by atoms with E-state index in [1.165, 1.54) is 0 Å². The monoisotopic (exact) mass is 252 g/mol. The van der Waals surface area contributed by atoms with Gasteiger partial charge < -0.3 is 5.11 Å². The molecule has 1 aliphatic carbocycles. The summed E-state index contributed by atoms with van der Waals surface area (Å²) in [5.41, 5.74) is 5.33. The molecule has 0 aromatic heterocycles. The number of benzene rings is 2. The Bertz CT molecular complexity index is 643. The van der Waals surface area contributed by atoms with Gasteiger partial charge >= 0.3 is 5.97 Å². The van der Waals surface area contributed by atoms with Crippen molar-refractivity contribution in [2.24, 2.45) is 0 Å². The molecule has 96 valence electrons. The highest BCUT2D eigenvalue weighted by molar-refractivity contribution is 5.82. The van der Waals surface area contributed by atoms with E-state index in [0.29, 0.717) is 0 Å². The predicted octanol–water partition coefficient (Wildman–Crippen LogP) is 3.31. The average Bonchev–Trinajstić information content (AvgIpc) is 2.54. The molecule has 2 aromatic carbocycles. The Morgan fingerprint density at radius 3 is 2.47 bits per heavy atom. The highest BCUT2D eigenvalue weighted by atomic mass is 16.4. The molecule has 0 bridgehead atoms. The lowest BCUT2D eigenvalue weighted by atomic mass is 9.87. The normalized spacial score (nSPS) is 17.2. The summed E-state index contributed by atoms with van der Waals surface area (Å²) >= 11 is 0. The molecule has 3 rings (SSSR count). The topological polar surface area (TPSA) is 37.3 Å². The van der Waals surface area contributed by atoms with Crippen LogP contribution in [-0.2, 0) is 17.6 Å². The van der Waals surface area contributed by atoms with Gasteiger partial charge in [0.05, 0.1) is 0 Å². The van der Waals surface area contributed by atoms with Gasteiger partial charge in [-0.2, -0.15) is 0 Å². The van der Waals surface area contributed by atoms with E-state index in [-0.39, 0.29) is 0 Å². The van der Waals surface area contributed by atoms with Crippen molar-refractivity contribution < 1.29 is 9.90 Å². The van der Waals surface area contributed by atoms with Crippen LogP contribution < -0.4 is 0 Å². The standard InChI is InChI=1S/C17H16O2/c1-11-6-7-13-9-8-12-4-2-3-5-14(12)16(17(18)19)15(13)10-11/h2-7,10,16H,8-9H2,1H3,(H,18,19)/t16-/m0/s1. The van der Waals surface area contributed by atoms with Gasteiger partial charge in [-0.1, -0.05) is 48.0 Å². The molecule has 0 radical (unpaired) electrons. The van der Waals surface area contributed by atoms with Crippen molar-refractivity contribution in [1.82, 2.24) is 0 Å². The molecule has 0 spiro atoms. The maximum atomic E-state index is 11.7. The second kappa shape index (κ2) is 4.54. The number of aryl methyl sites for hydroxylation is 3. The Hall–Kier alpha value is -2.09. The van der Waals surface area contributed by atoms with Crippen LogP contribution in [0.3, 0.4) is 0 Å². The Labute approximate surface area is 112 Å². The summed E-state index contributed by atoms with van der Waals surface area (Å²) in [6.45, 7) is 2.01. The van der Waals surface area contributed by atoms with Crippen molar-refractivity contribution >= 4 is 5.97 Å². The summed E-state index contributed by atoms with van der Waals surface area (Å²) < 4.78 is 0. The summed E-state index contributed by atoms with van der Waals surface area (Å²) in [6, 6.07) is 14.1. The van der Waals surface area contributed by atoms with Crippen molar-refractivity contribution in [2.75, 3.05) is 0 Å². The highest BCUT2D eigenvalue weighted by Crippen LogP contribution is 2.34. The van der Waals surface area contributed by atoms with Gasteiger partial charge in [0, 0.05) is 0 Å². The molecule has 0 fully saturated rings. The molecule has 0 heterocycles. The maximum Gasteiger partial charge on any atom is 0.315 e. The van der Waals surface area contributed by atoms with E-state index in [9.17, 15) is 9.90 Å². The number of aliphatic carboxylic acids is 1. The van der Waals surface area contributed by atoms with Crippen LogP contribution in [0.25, 0.3) is 0 Å². The number of carboxylic acids is 1. The fraction of sp³-hybridized carbons (Fsp3) is 0.235. The van der Waals surface area contributed by atoms with Crippen molar-refractivity contribution in [3.05, 3.63) is 70.3 Å². The molecule has 0 amide bonds. The summed E-state index contributed by atoms with van der Waals surface area (Å²) in [7, 11) is 0. The molecule has 19 heavy (non-hydrogen) atoms. The molecule has 1 N–H and O–H groups in total. The fourth-order valence-corrected chi connectivity index (χ4v) is 2.96. The van der Waals surface area contributed by atoms with Gasteiger partial charge in [-0.3, -0.25) is 4.79 Å². The number of rotatable bonds is 1. The molecule has 2 aromatic rings. The first-order valence-corrected chi connectivity index (χ1v) is 6.57. The Morgan fingerprint density at radius 2 is 1.74 bits per heavy atom. The van der Waals surface area contributed by atoms with E-state index < -0.39 is 11.9 Å². The van der Waals surface area contributed by atoms with Crippen molar-refractivity contribution in [3.63, 3.8) is 0 Å². The van der Waals surface area contributed by atoms with E-state index in [1.54, 1.807) is 0 Å². The van der Waals surface area contributed by atoms with Crippen LogP contribution in [0, 0.1) is 6.92 Å². The van der Waals surface area contributed by atoms with Gasteiger partial charge in [0.15, 0.2) is 0 Å². The third-order valence-corrected chi connectivity index (χ3v) is 3.89. The van der Waals surface area contributed by atoms with Crippen molar-refractivity contribution in [1.29, 1.82) is 0 Å². The lowest BCUT2D eigenvalue weighted by Crippen LogP contribution is -2.14. The largest absolute Gasteiger partial charge is 0.481 e. The minimum atomic E-state index is -0.763. The third kappa shape index (κ3) is 2.03. The number of carboxylic acid groups (broad SMARTS) is 1. The van der Waals surface area contributed by atoms with Gasteiger partial charge in [-0.15, -0.1) is 0 Å². The molecule has 1 atom stereocenters. The second-order valence-corrected chi connectivity index (χ2v) is 5.17. The zero-order chi connectivity index (χ0) is 13.4. The minimum Gasteiger partial charge on any atom is -0.481 e. The van der Waals surface area contributed by atoms with Gasteiger partial charge in [0.25, 0.3) is 0 Å². The van der Waals surface area contributed by atoms with Crippen molar-refractivity contribution in [3.8, 4) is 0 Å². The minimum absolute atomic E-state index is 0.534. The summed E-state index contributed by atoms with van der Waals surface area (Å²) in [5, 5.41) is 9.65. The summed E-state index contributed by atoms with van der Waals surface area (Å²) in [4.78, 5) is 11.7. The molecular weight excluding hydrogens is 236 g/mol. The maximum absolute atomic E-state index is 11.7. The molecular formula is C17H16O2. The van der Waals surface area contributed by atoms with Crippen LogP contribution in [0.4, 0.5) is 0 Å². The van der Waals surface area contributed by atoms with E-state index in [2.05, 4.69) is 12.1 Å². The van der Waals surface area contributed by atoms with Gasteiger partial charge in [-0.25, -0.2) is 0 Å². The predicted molar refractivity (Wildman–Crippen MR) is 74.5 cm³/mol. The Morgan fingerprint density at radius 1 is 1.05 bits per heavy atom. The number of hydrogen-bond donors (Lipinski definition) is 1. The SMILES string of the molecule is Cc1ccc2c(c1)[C@@H](C(=O)O)c1ccccc1CC2. The molecule has 0 aliphatic heterocycles. The lowest BCUT2D eigenvalue weighted by Gasteiger charge is -2.16. The first-order chi connectivity index (χ1) is 9.16. The zero-order valence-corrected chi connectivity index (χ0v) is 10.9. The Kier molecular flexibility index (Phi) is 2.86. The van der Waals surface area contributed by atoms with Crippen molar-refractivity contribution in [2.45, 2.75) is 25.7 Å². The van der Waals surface area contributed by atoms with Gasteiger partial charge in [-0.05, 0) is 42.0 Å². The van der Waals surface area contributed by atoms with Crippen LogP contribution in [0.1, 0.15) is 33.7 Å². The smallest absolute Gasteiger partial charge is 0.315 e.